The number of carbonyl (C=O) groups excluding carboxylic acids is 1. The van der Waals surface area contributed by atoms with Gasteiger partial charge in [-0.2, -0.15) is 0 Å². The first kappa shape index (κ1) is 13.6. The fourth-order valence-electron chi connectivity index (χ4n) is 1.70. The molecule has 19 heavy (non-hydrogen) atoms. The highest BCUT2D eigenvalue weighted by Crippen LogP contribution is 2.28. The molecule has 0 aliphatic heterocycles. The van der Waals surface area contributed by atoms with Crippen LogP contribution in [-0.4, -0.2) is 18.0 Å². The van der Waals surface area contributed by atoms with Crippen molar-refractivity contribution in [1.82, 2.24) is 4.98 Å². The summed E-state index contributed by atoms with van der Waals surface area (Å²) in [6.45, 7) is 3.42. The van der Waals surface area contributed by atoms with Crippen LogP contribution in [-0.2, 0) is 0 Å². The summed E-state index contributed by atoms with van der Waals surface area (Å²) in [5.41, 5.74) is 1.12. The minimum Gasteiger partial charge on any atom is -0.495 e. The quantitative estimate of drug-likeness (QED) is 0.940. The summed E-state index contributed by atoms with van der Waals surface area (Å²) in [5.74, 6) is 0.892. The van der Waals surface area contributed by atoms with Crippen molar-refractivity contribution in [3.8, 4) is 5.75 Å². The molecule has 0 atom stereocenters. The molecule has 0 unspecified atom stereocenters. The molecule has 1 aromatic carbocycles. The highest BCUT2D eigenvalue weighted by molar-refractivity contribution is 9.10. The Morgan fingerprint density at radius 2 is 2.16 bits per heavy atom. The van der Waals surface area contributed by atoms with Gasteiger partial charge in [0.2, 0.25) is 5.76 Å². The molecule has 0 aliphatic carbocycles. The van der Waals surface area contributed by atoms with E-state index in [2.05, 4.69) is 26.2 Å². The largest absolute Gasteiger partial charge is 0.495 e. The van der Waals surface area contributed by atoms with E-state index in [4.69, 9.17) is 9.15 Å². The molecule has 5 nitrogen and oxygen atoms in total. The first-order valence-corrected chi connectivity index (χ1v) is 6.39. The van der Waals surface area contributed by atoms with Crippen LogP contribution >= 0.6 is 15.9 Å². The van der Waals surface area contributed by atoms with Crippen molar-refractivity contribution in [2.75, 3.05) is 12.4 Å². The number of hydrogen-bond donors (Lipinski definition) is 1. The van der Waals surface area contributed by atoms with Crippen LogP contribution in [0.1, 0.15) is 22.1 Å². The molecule has 2 rings (SSSR count). The third-order valence-corrected chi connectivity index (χ3v) is 3.01. The first-order chi connectivity index (χ1) is 9.01. The lowest BCUT2D eigenvalue weighted by atomic mass is 10.2. The van der Waals surface area contributed by atoms with Gasteiger partial charge in [-0.15, -0.1) is 0 Å². The Kier molecular flexibility index (Phi) is 3.90. The molecule has 0 bridgehead atoms. The second kappa shape index (κ2) is 5.44. The van der Waals surface area contributed by atoms with Crippen molar-refractivity contribution >= 4 is 27.5 Å². The van der Waals surface area contributed by atoms with Crippen molar-refractivity contribution in [2.24, 2.45) is 0 Å². The number of nitrogens with zero attached hydrogens (tertiary/aromatic N) is 1. The van der Waals surface area contributed by atoms with Crippen molar-refractivity contribution in [3.63, 3.8) is 0 Å². The lowest BCUT2D eigenvalue weighted by molar-refractivity contribution is 0.0994. The average molecular weight is 325 g/mol. The maximum absolute atomic E-state index is 12.1. The summed E-state index contributed by atoms with van der Waals surface area (Å²) < 4.78 is 11.3. The molecule has 100 valence electrons. The third-order valence-electron chi connectivity index (χ3n) is 2.52. The minimum absolute atomic E-state index is 0.208. The first-order valence-electron chi connectivity index (χ1n) is 5.60. The number of ether oxygens (including phenoxy) is 1. The summed E-state index contributed by atoms with van der Waals surface area (Å²) in [5, 5.41) is 2.75. The van der Waals surface area contributed by atoms with Gasteiger partial charge in [0.25, 0.3) is 5.91 Å². The monoisotopic (exact) mass is 324 g/mol. The molecule has 0 fully saturated rings. The lowest BCUT2D eigenvalue weighted by Gasteiger charge is -2.09. The van der Waals surface area contributed by atoms with Gasteiger partial charge in [0.1, 0.15) is 5.75 Å². The third kappa shape index (κ3) is 2.96. The standard InChI is InChI=1S/C13H13BrN2O3/c1-7-12(19-8(2)15-7)13(17)16-10-6-9(14)4-5-11(10)18-3/h4-6H,1-3H3,(H,16,17). The van der Waals surface area contributed by atoms with Gasteiger partial charge in [-0.1, -0.05) is 15.9 Å². The summed E-state index contributed by atoms with van der Waals surface area (Å²) in [7, 11) is 1.54. The van der Waals surface area contributed by atoms with Crippen molar-refractivity contribution < 1.29 is 13.9 Å². The number of hydrogen-bond acceptors (Lipinski definition) is 4. The van der Waals surface area contributed by atoms with Gasteiger partial charge < -0.3 is 14.5 Å². The molecule has 0 saturated carbocycles. The van der Waals surface area contributed by atoms with E-state index in [0.29, 0.717) is 23.0 Å². The van der Waals surface area contributed by atoms with Gasteiger partial charge in [-0.05, 0) is 25.1 Å². The Morgan fingerprint density at radius 3 is 2.74 bits per heavy atom. The number of benzene rings is 1. The van der Waals surface area contributed by atoms with Crippen LogP contribution in [0.25, 0.3) is 0 Å². The van der Waals surface area contributed by atoms with Crippen LogP contribution in [0, 0.1) is 13.8 Å². The predicted molar refractivity (Wildman–Crippen MR) is 74.6 cm³/mol. The lowest BCUT2D eigenvalue weighted by Crippen LogP contribution is -2.13. The van der Waals surface area contributed by atoms with E-state index < -0.39 is 0 Å². The van der Waals surface area contributed by atoms with Gasteiger partial charge in [0.05, 0.1) is 18.5 Å². The molecule has 6 heteroatoms. The van der Waals surface area contributed by atoms with Crippen LogP contribution in [0.2, 0.25) is 0 Å². The van der Waals surface area contributed by atoms with E-state index in [-0.39, 0.29) is 11.7 Å². The molecule has 2 aromatic rings. The van der Waals surface area contributed by atoms with Crippen LogP contribution in [0.15, 0.2) is 27.1 Å². The molecule has 1 amide bonds. The Morgan fingerprint density at radius 1 is 1.42 bits per heavy atom. The highest BCUT2D eigenvalue weighted by atomic mass is 79.9. The van der Waals surface area contributed by atoms with Crippen molar-refractivity contribution in [2.45, 2.75) is 13.8 Å². The molecule has 0 aliphatic rings. The fraction of sp³-hybridized carbons (Fsp3) is 0.231. The zero-order chi connectivity index (χ0) is 14.0. The zero-order valence-corrected chi connectivity index (χ0v) is 12.4. The number of oxazole rings is 1. The number of anilines is 1. The molecule has 0 spiro atoms. The van der Waals surface area contributed by atoms with Gasteiger partial charge in [0, 0.05) is 11.4 Å². The Bertz CT molecular complexity index is 622. The van der Waals surface area contributed by atoms with E-state index in [1.165, 1.54) is 0 Å². The molecule has 0 radical (unpaired) electrons. The van der Waals surface area contributed by atoms with E-state index in [1.807, 2.05) is 6.07 Å². The topological polar surface area (TPSA) is 64.4 Å². The Balaban J connectivity index is 2.28. The Labute approximate surface area is 119 Å². The smallest absolute Gasteiger partial charge is 0.293 e. The molecule has 0 saturated heterocycles. The number of aromatic nitrogens is 1. The van der Waals surface area contributed by atoms with Crippen LogP contribution in [0.5, 0.6) is 5.75 Å². The van der Waals surface area contributed by atoms with Crippen LogP contribution in [0.4, 0.5) is 5.69 Å². The number of carbonyl (C=O) groups is 1. The molecular formula is C13H13BrN2O3. The van der Waals surface area contributed by atoms with E-state index in [0.717, 1.165) is 4.47 Å². The minimum atomic E-state index is -0.352. The summed E-state index contributed by atoms with van der Waals surface area (Å²) in [6, 6.07) is 5.35. The number of aryl methyl sites for hydroxylation is 2. The molecule has 1 N–H and O–H groups in total. The molecular weight excluding hydrogens is 312 g/mol. The number of nitrogens with one attached hydrogen (secondary N) is 1. The van der Waals surface area contributed by atoms with E-state index in [9.17, 15) is 4.79 Å². The van der Waals surface area contributed by atoms with E-state index >= 15 is 0 Å². The van der Waals surface area contributed by atoms with Crippen LogP contribution in [0.3, 0.4) is 0 Å². The van der Waals surface area contributed by atoms with Gasteiger partial charge in [-0.25, -0.2) is 4.98 Å². The molecule has 1 aromatic heterocycles. The van der Waals surface area contributed by atoms with Crippen LogP contribution < -0.4 is 10.1 Å². The highest BCUT2D eigenvalue weighted by Gasteiger charge is 2.17. The molecule has 1 heterocycles. The van der Waals surface area contributed by atoms with Crippen molar-refractivity contribution in [1.29, 1.82) is 0 Å². The van der Waals surface area contributed by atoms with Gasteiger partial charge in [-0.3, -0.25) is 4.79 Å². The number of methoxy groups -OCH3 is 1. The van der Waals surface area contributed by atoms with Gasteiger partial charge in [0.15, 0.2) is 5.89 Å². The summed E-state index contributed by atoms with van der Waals surface area (Å²) in [6.07, 6.45) is 0. The number of rotatable bonds is 3. The second-order valence-corrected chi connectivity index (χ2v) is 4.86. The predicted octanol–water partition coefficient (Wildman–Crippen LogP) is 3.31. The Hall–Kier alpha value is -1.82. The average Bonchev–Trinajstić information content (AvgIpc) is 2.69. The zero-order valence-electron chi connectivity index (χ0n) is 10.8. The number of halogens is 1. The SMILES string of the molecule is COc1ccc(Br)cc1NC(=O)c1oc(C)nc1C. The van der Waals surface area contributed by atoms with Gasteiger partial charge >= 0.3 is 0 Å². The number of amides is 1. The second-order valence-electron chi connectivity index (χ2n) is 3.95. The summed E-state index contributed by atoms with van der Waals surface area (Å²) >= 11 is 3.35. The maximum atomic E-state index is 12.1. The van der Waals surface area contributed by atoms with E-state index in [1.54, 1.807) is 33.1 Å². The fourth-order valence-corrected chi connectivity index (χ4v) is 2.06. The maximum Gasteiger partial charge on any atom is 0.293 e. The van der Waals surface area contributed by atoms with Crippen molar-refractivity contribution in [3.05, 3.63) is 40.0 Å². The normalized spacial score (nSPS) is 10.3. The summed E-state index contributed by atoms with van der Waals surface area (Å²) in [4.78, 5) is 16.2.